The highest BCUT2D eigenvalue weighted by Gasteiger charge is 2.25. The van der Waals surface area contributed by atoms with Crippen LogP contribution in [0.2, 0.25) is 0 Å². The molecule has 1 aliphatic carbocycles. The summed E-state index contributed by atoms with van der Waals surface area (Å²) in [5, 5.41) is 0.819. The number of benzene rings is 1. The van der Waals surface area contributed by atoms with Gasteiger partial charge in [-0.25, -0.2) is 4.39 Å². The lowest BCUT2D eigenvalue weighted by molar-refractivity contribution is -0.133. The molecule has 0 unspecified atom stereocenters. The first-order valence-corrected chi connectivity index (χ1v) is 7.80. The lowest BCUT2D eigenvalue weighted by atomic mass is 9.91. The first kappa shape index (κ1) is 15.0. The van der Waals surface area contributed by atoms with Crippen molar-refractivity contribution in [1.82, 2.24) is 9.47 Å². The summed E-state index contributed by atoms with van der Waals surface area (Å²) in [5.41, 5.74) is 6.80. The molecule has 4 nitrogen and oxygen atoms in total. The molecule has 0 aliphatic heterocycles. The molecule has 118 valence electrons. The highest BCUT2D eigenvalue weighted by atomic mass is 19.1. The Hall–Kier alpha value is -1.88. The summed E-state index contributed by atoms with van der Waals surface area (Å²) in [6, 6.07) is 7.04. The molecule has 22 heavy (non-hydrogen) atoms. The van der Waals surface area contributed by atoms with Crippen molar-refractivity contribution in [2.75, 3.05) is 7.05 Å². The van der Waals surface area contributed by atoms with E-state index in [0.29, 0.717) is 0 Å². The largest absolute Gasteiger partial charge is 0.341 e. The van der Waals surface area contributed by atoms with E-state index < -0.39 is 0 Å². The zero-order valence-corrected chi connectivity index (χ0v) is 12.8. The van der Waals surface area contributed by atoms with E-state index in [4.69, 9.17) is 5.73 Å². The minimum Gasteiger partial charge on any atom is -0.341 e. The summed E-state index contributed by atoms with van der Waals surface area (Å²) in [6.45, 7) is 0.286. The number of fused-ring (bicyclic) bond motifs is 1. The summed E-state index contributed by atoms with van der Waals surface area (Å²) >= 11 is 0. The van der Waals surface area contributed by atoms with E-state index >= 15 is 0 Å². The number of nitrogens with zero attached hydrogens (tertiary/aromatic N) is 2. The van der Waals surface area contributed by atoms with Crippen molar-refractivity contribution in [2.45, 2.75) is 44.3 Å². The molecule has 2 N–H and O–H groups in total. The Morgan fingerprint density at radius 2 is 2.05 bits per heavy atom. The fourth-order valence-corrected chi connectivity index (χ4v) is 3.26. The first-order chi connectivity index (χ1) is 10.5. The Morgan fingerprint density at radius 1 is 1.32 bits per heavy atom. The third-order valence-electron chi connectivity index (χ3n) is 4.72. The molecule has 0 saturated heterocycles. The molecule has 1 saturated carbocycles. The van der Waals surface area contributed by atoms with Crippen LogP contribution >= 0.6 is 0 Å². The van der Waals surface area contributed by atoms with Gasteiger partial charge in [-0.15, -0.1) is 0 Å². The van der Waals surface area contributed by atoms with Crippen LogP contribution in [0, 0.1) is 5.82 Å². The van der Waals surface area contributed by atoms with Crippen LogP contribution in [-0.4, -0.2) is 34.5 Å². The highest BCUT2D eigenvalue weighted by molar-refractivity contribution is 5.83. The third kappa shape index (κ3) is 2.99. The molecule has 5 heteroatoms. The smallest absolute Gasteiger partial charge is 0.242 e. The van der Waals surface area contributed by atoms with Gasteiger partial charge in [0.15, 0.2) is 0 Å². The van der Waals surface area contributed by atoms with Crippen LogP contribution in [0.15, 0.2) is 30.5 Å². The monoisotopic (exact) mass is 303 g/mol. The van der Waals surface area contributed by atoms with Gasteiger partial charge in [-0.1, -0.05) is 0 Å². The fourth-order valence-electron chi connectivity index (χ4n) is 3.26. The van der Waals surface area contributed by atoms with Gasteiger partial charge in [0.1, 0.15) is 12.4 Å². The molecule has 1 aliphatic rings. The summed E-state index contributed by atoms with van der Waals surface area (Å²) in [4.78, 5) is 14.4. The molecule has 0 bridgehead atoms. The van der Waals surface area contributed by atoms with Gasteiger partial charge in [-0.05, 0) is 49.9 Å². The lowest BCUT2D eigenvalue weighted by Crippen LogP contribution is -2.43. The van der Waals surface area contributed by atoms with E-state index in [2.05, 4.69) is 0 Å². The second-order valence-corrected chi connectivity index (χ2v) is 6.22. The van der Waals surface area contributed by atoms with Crippen molar-refractivity contribution >= 4 is 16.8 Å². The molecule has 0 spiro atoms. The molecular weight excluding hydrogens is 281 g/mol. The Kier molecular flexibility index (Phi) is 4.16. The Bertz CT molecular complexity index is 674. The predicted molar refractivity (Wildman–Crippen MR) is 84.9 cm³/mol. The van der Waals surface area contributed by atoms with Crippen molar-refractivity contribution in [2.24, 2.45) is 5.73 Å². The first-order valence-electron chi connectivity index (χ1n) is 7.80. The van der Waals surface area contributed by atoms with Crippen molar-refractivity contribution in [3.8, 4) is 0 Å². The number of rotatable bonds is 3. The molecule has 2 aromatic rings. The van der Waals surface area contributed by atoms with Crippen LogP contribution in [0.5, 0.6) is 0 Å². The van der Waals surface area contributed by atoms with Gasteiger partial charge < -0.3 is 15.2 Å². The maximum Gasteiger partial charge on any atom is 0.242 e. The summed E-state index contributed by atoms with van der Waals surface area (Å²) in [6.07, 6.45) is 5.75. The Balaban J connectivity index is 1.70. The molecule has 1 amide bonds. The second-order valence-electron chi connectivity index (χ2n) is 6.22. The molecule has 3 rings (SSSR count). The Labute approximate surface area is 129 Å². The number of carbonyl (C=O) groups is 1. The summed E-state index contributed by atoms with van der Waals surface area (Å²) < 4.78 is 15.1. The van der Waals surface area contributed by atoms with Crippen LogP contribution in [0.1, 0.15) is 25.7 Å². The zero-order valence-electron chi connectivity index (χ0n) is 12.8. The van der Waals surface area contributed by atoms with Crippen LogP contribution in [-0.2, 0) is 11.3 Å². The predicted octanol–water partition coefficient (Wildman–Crippen LogP) is 2.51. The van der Waals surface area contributed by atoms with Gasteiger partial charge in [-0.2, -0.15) is 0 Å². The maximum atomic E-state index is 13.2. The van der Waals surface area contributed by atoms with E-state index in [1.54, 1.807) is 6.07 Å². The molecular formula is C17H22FN3O. The maximum absolute atomic E-state index is 13.2. The van der Waals surface area contributed by atoms with E-state index in [1.807, 2.05) is 28.8 Å². The second kappa shape index (κ2) is 6.08. The van der Waals surface area contributed by atoms with Crippen LogP contribution in [0.25, 0.3) is 10.9 Å². The average molecular weight is 303 g/mol. The normalized spacial score (nSPS) is 22.0. The van der Waals surface area contributed by atoms with Crippen molar-refractivity contribution in [3.63, 3.8) is 0 Å². The van der Waals surface area contributed by atoms with Gasteiger partial charge in [0.05, 0.1) is 0 Å². The van der Waals surface area contributed by atoms with Crippen molar-refractivity contribution in [1.29, 1.82) is 0 Å². The van der Waals surface area contributed by atoms with Gasteiger partial charge >= 0.3 is 0 Å². The average Bonchev–Trinajstić information content (AvgIpc) is 2.89. The SMILES string of the molecule is CN(C(=O)Cn1ccc2cc(F)ccc21)C1CCC(N)CC1. The number of aromatic nitrogens is 1. The number of nitrogens with two attached hydrogens (primary N) is 1. The van der Waals surface area contributed by atoms with Gasteiger partial charge in [-0.3, -0.25) is 4.79 Å². The topological polar surface area (TPSA) is 51.3 Å². The standard InChI is InChI=1S/C17H22FN3O/c1-20(15-5-3-14(19)4-6-15)17(22)11-21-9-8-12-10-13(18)2-7-16(12)21/h2,7-10,14-15H,3-6,11,19H2,1H3. The number of halogens is 1. The van der Waals surface area contributed by atoms with E-state index in [9.17, 15) is 9.18 Å². The van der Waals surface area contributed by atoms with Gasteiger partial charge in [0.25, 0.3) is 0 Å². The number of hydrogen-bond acceptors (Lipinski definition) is 2. The highest BCUT2D eigenvalue weighted by Crippen LogP contribution is 2.22. The number of carbonyl (C=O) groups excluding carboxylic acids is 1. The lowest BCUT2D eigenvalue weighted by Gasteiger charge is -2.33. The van der Waals surface area contributed by atoms with Gasteiger partial charge in [0, 0.05) is 36.2 Å². The van der Waals surface area contributed by atoms with Crippen LogP contribution in [0.3, 0.4) is 0 Å². The Morgan fingerprint density at radius 3 is 2.77 bits per heavy atom. The number of amides is 1. The van der Waals surface area contributed by atoms with Crippen molar-refractivity contribution in [3.05, 3.63) is 36.3 Å². The zero-order chi connectivity index (χ0) is 15.7. The minimum atomic E-state index is -0.257. The van der Waals surface area contributed by atoms with Crippen molar-refractivity contribution < 1.29 is 9.18 Å². The number of hydrogen-bond donors (Lipinski definition) is 1. The molecule has 1 aromatic heterocycles. The molecule has 1 fully saturated rings. The summed E-state index contributed by atoms with van der Waals surface area (Å²) in [7, 11) is 1.87. The third-order valence-corrected chi connectivity index (χ3v) is 4.72. The van der Waals surface area contributed by atoms with E-state index in [1.165, 1.54) is 12.1 Å². The summed E-state index contributed by atoms with van der Waals surface area (Å²) in [5.74, 6) is -0.172. The molecule has 0 atom stereocenters. The minimum absolute atomic E-state index is 0.0855. The number of likely N-dealkylation sites (N-methyl/N-ethyl adjacent to an activating group) is 1. The van der Waals surface area contributed by atoms with E-state index in [0.717, 1.165) is 36.6 Å². The molecule has 1 aromatic carbocycles. The van der Waals surface area contributed by atoms with Crippen LogP contribution < -0.4 is 5.73 Å². The van der Waals surface area contributed by atoms with Gasteiger partial charge in [0.2, 0.25) is 5.91 Å². The molecule has 0 radical (unpaired) electrons. The van der Waals surface area contributed by atoms with Crippen LogP contribution in [0.4, 0.5) is 4.39 Å². The fraction of sp³-hybridized carbons (Fsp3) is 0.471. The van der Waals surface area contributed by atoms with E-state index in [-0.39, 0.29) is 30.4 Å². The quantitative estimate of drug-likeness (QED) is 0.947. The molecule has 1 heterocycles.